The second kappa shape index (κ2) is 12.5. The van der Waals surface area contributed by atoms with Crippen LogP contribution in [0.25, 0.3) is 84.3 Å². The molecule has 256 valence electrons. The molecule has 5 heterocycles. The van der Waals surface area contributed by atoms with Gasteiger partial charge in [0.2, 0.25) is 0 Å². The van der Waals surface area contributed by atoms with Gasteiger partial charge in [0.25, 0.3) is 0 Å². The van der Waals surface area contributed by atoms with Crippen molar-refractivity contribution in [2.24, 2.45) is 0 Å². The van der Waals surface area contributed by atoms with E-state index < -0.39 is 0 Å². The van der Waals surface area contributed by atoms with Crippen LogP contribution in [-0.2, 0) is 5.41 Å². The Bertz CT molecular complexity index is 2840. The van der Waals surface area contributed by atoms with Gasteiger partial charge in [0, 0.05) is 28.9 Å². The Kier molecular flexibility index (Phi) is 7.33. The molecule has 0 fully saturated rings. The summed E-state index contributed by atoms with van der Waals surface area (Å²) in [7, 11) is 0. The van der Waals surface area contributed by atoms with Crippen LogP contribution in [-0.4, -0.2) is 34.9 Å². The minimum absolute atomic E-state index is 0.0568. The highest BCUT2D eigenvalue weighted by atomic mass is 15.5. The molecule has 0 unspecified atom stereocenters. The summed E-state index contributed by atoms with van der Waals surface area (Å²) in [6, 6.07) is 51.9. The first-order chi connectivity index (χ1) is 26.5. The Morgan fingerprint density at radius 2 is 1.04 bits per heavy atom. The maximum atomic E-state index is 5.07. The number of rotatable bonds is 6. The first kappa shape index (κ1) is 31.6. The monoisotopic (exact) mass is 695 g/mol. The molecule has 9 aromatic rings. The quantitative estimate of drug-likeness (QED) is 0.172. The number of pyridine rings is 4. The lowest BCUT2D eigenvalue weighted by Crippen LogP contribution is -2.14. The minimum Gasteiger partial charge on any atom is -0.255 e. The first-order valence-electron chi connectivity index (χ1n) is 18.0. The maximum Gasteiger partial charge on any atom is 0.123 e. The molecule has 0 N–H and O–H groups in total. The van der Waals surface area contributed by atoms with E-state index >= 15 is 0 Å². The molecule has 0 spiro atoms. The number of fused-ring (bicyclic) bond motifs is 4. The Labute approximate surface area is 312 Å². The van der Waals surface area contributed by atoms with E-state index in [0.29, 0.717) is 0 Å². The third-order valence-corrected chi connectivity index (χ3v) is 10.4. The van der Waals surface area contributed by atoms with Crippen LogP contribution < -0.4 is 0 Å². The van der Waals surface area contributed by atoms with Gasteiger partial charge in [-0.25, -0.2) is 9.97 Å². The van der Waals surface area contributed by atoms with Crippen molar-refractivity contribution in [3.63, 3.8) is 0 Å². The van der Waals surface area contributed by atoms with Crippen molar-refractivity contribution in [1.82, 2.24) is 34.9 Å². The van der Waals surface area contributed by atoms with Crippen LogP contribution in [0.4, 0.5) is 0 Å². The summed E-state index contributed by atoms with van der Waals surface area (Å²) < 4.78 is 0. The Morgan fingerprint density at radius 3 is 1.76 bits per heavy atom. The van der Waals surface area contributed by atoms with Gasteiger partial charge in [-0.05, 0) is 112 Å². The van der Waals surface area contributed by atoms with E-state index in [9.17, 15) is 0 Å². The number of aromatic nitrogens is 7. The van der Waals surface area contributed by atoms with Gasteiger partial charge in [-0.2, -0.15) is 4.80 Å². The average Bonchev–Trinajstić information content (AvgIpc) is 3.77. The van der Waals surface area contributed by atoms with Gasteiger partial charge < -0.3 is 0 Å². The summed E-state index contributed by atoms with van der Waals surface area (Å²) in [4.78, 5) is 20.9. The van der Waals surface area contributed by atoms with E-state index in [4.69, 9.17) is 20.2 Å². The molecule has 1 aliphatic rings. The summed E-state index contributed by atoms with van der Waals surface area (Å²) in [5.74, 6) is 0. The summed E-state index contributed by atoms with van der Waals surface area (Å²) in [5, 5.41) is 10.1. The molecule has 0 aliphatic heterocycles. The molecule has 0 saturated carbocycles. The Morgan fingerprint density at radius 1 is 0.426 bits per heavy atom. The van der Waals surface area contributed by atoms with Crippen LogP contribution in [0.1, 0.15) is 25.0 Å². The van der Waals surface area contributed by atoms with E-state index in [-0.39, 0.29) is 5.41 Å². The molecule has 4 aromatic carbocycles. The second-order valence-corrected chi connectivity index (χ2v) is 14.1. The van der Waals surface area contributed by atoms with Crippen molar-refractivity contribution in [1.29, 1.82) is 0 Å². The highest BCUT2D eigenvalue weighted by molar-refractivity contribution is 5.95. The van der Waals surface area contributed by atoms with Gasteiger partial charge in [0.1, 0.15) is 11.0 Å². The van der Waals surface area contributed by atoms with Crippen molar-refractivity contribution in [3.8, 4) is 73.2 Å². The fourth-order valence-corrected chi connectivity index (χ4v) is 7.64. The van der Waals surface area contributed by atoms with E-state index in [2.05, 4.69) is 96.6 Å². The first-order valence-corrected chi connectivity index (χ1v) is 18.0. The molecule has 1 aliphatic carbocycles. The molecule has 7 nitrogen and oxygen atoms in total. The zero-order valence-electron chi connectivity index (χ0n) is 29.7. The predicted molar refractivity (Wildman–Crippen MR) is 215 cm³/mol. The summed E-state index contributed by atoms with van der Waals surface area (Å²) in [5.41, 5.74) is 16.5. The Balaban J connectivity index is 1.06. The lowest BCUT2D eigenvalue weighted by molar-refractivity contribution is 0.660. The van der Waals surface area contributed by atoms with Crippen LogP contribution in [0.5, 0.6) is 0 Å². The van der Waals surface area contributed by atoms with Crippen molar-refractivity contribution in [3.05, 3.63) is 175 Å². The highest BCUT2D eigenvalue weighted by Gasteiger charge is 2.35. The van der Waals surface area contributed by atoms with Gasteiger partial charge in [0.15, 0.2) is 0 Å². The van der Waals surface area contributed by atoms with Crippen LogP contribution in [0.15, 0.2) is 164 Å². The van der Waals surface area contributed by atoms with Gasteiger partial charge in [0.05, 0.1) is 39.9 Å². The van der Waals surface area contributed by atoms with E-state index in [1.165, 1.54) is 27.8 Å². The fraction of sp³-hybridized carbons (Fsp3) is 0.0638. The SMILES string of the molecule is CC1(C)c2ccccc2-c2ccc(-c3ccc(-n4nc5cc(-c6cccc(-c7ccccn7)n6)cc(-c6cccc(-c7ccccn7)n6)c5n4)cc3)cc21. The lowest BCUT2D eigenvalue weighted by atomic mass is 9.81. The predicted octanol–water partition coefficient (Wildman–Crippen LogP) is 10.6. The van der Waals surface area contributed by atoms with Crippen molar-refractivity contribution < 1.29 is 0 Å². The second-order valence-electron chi connectivity index (χ2n) is 14.1. The lowest BCUT2D eigenvalue weighted by Gasteiger charge is -2.22. The zero-order valence-corrected chi connectivity index (χ0v) is 29.7. The largest absolute Gasteiger partial charge is 0.255 e. The third kappa shape index (κ3) is 5.37. The number of hydrogen-bond acceptors (Lipinski definition) is 6. The molecule has 0 radical (unpaired) electrons. The average molecular weight is 696 g/mol. The molecule has 5 aromatic heterocycles. The molecular weight excluding hydrogens is 663 g/mol. The molecule has 7 heteroatoms. The number of benzene rings is 4. The molecular formula is C47H33N7. The molecule has 0 atom stereocenters. The maximum absolute atomic E-state index is 5.07. The summed E-state index contributed by atoms with van der Waals surface area (Å²) >= 11 is 0. The highest BCUT2D eigenvalue weighted by Crippen LogP contribution is 2.49. The molecule has 0 saturated heterocycles. The fourth-order valence-electron chi connectivity index (χ4n) is 7.64. The van der Waals surface area contributed by atoms with Crippen LogP contribution in [0, 0.1) is 0 Å². The summed E-state index contributed by atoms with van der Waals surface area (Å²) in [6.07, 6.45) is 3.56. The van der Waals surface area contributed by atoms with E-state index in [1.807, 2.05) is 78.9 Å². The molecule has 54 heavy (non-hydrogen) atoms. The Hall–Kier alpha value is -7.12. The van der Waals surface area contributed by atoms with Crippen molar-refractivity contribution in [2.75, 3.05) is 0 Å². The van der Waals surface area contributed by atoms with Gasteiger partial charge in [-0.1, -0.05) is 86.6 Å². The van der Waals surface area contributed by atoms with Crippen LogP contribution in [0.3, 0.4) is 0 Å². The van der Waals surface area contributed by atoms with Crippen LogP contribution in [0.2, 0.25) is 0 Å². The normalized spacial score (nSPS) is 12.8. The zero-order chi connectivity index (χ0) is 36.2. The third-order valence-electron chi connectivity index (χ3n) is 10.4. The molecule has 10 rings (SSSR count). The smallest absolute Gasteiger partial charge is 0.123 e. The van der Waals surface area contributed by atoms with E-state index in [0.717, 1.165) is 67.6 Å². The van der Waals surface area contributed by atoms with Gasteiger partial charge in [-0.15, -0.1) is 10.2 Å². The number of nitrogens with zero attached hydrogens (tertiary/aromatic N) is 7. The van der Waals surface area contributed by atoms with E-state index in [1.54, 1.807) is 17.2 Å². The minimum atomic E-state index is -0.0568. The summed E-state index contributed by atoms with van der Waals surface area (Å²) in [6.45, 7) is 4.63. The number of hydrogen-bond donors (Lipinski definition) is 0. The molecule has 0 amide bonds. The van der Waals surface area contributed by atoms with Crippen LogP contribution >= 0.6 is 0 Å². The van der Waals surface area contributed by atoms with Crippen molar-refractivity contribution in [2.45, 2.75) is 19.3 Å². The van der Waals surface area contributed by atoms with Crippen molar-refractivity contribution >= 4 is 11.0 Å². The van der Waals surface area contributed by atoms with Gasteiger partial charge in [-0.3, -0.25) is 9.97 Å². The topological polar surface area (TPSA) is 82.3 Å². The standard InChI is InChI=1S/C47H33N7/c1-47(2)37-12-4-3-11-34(37)35-24-21-31(28-38(35)47)30-19-22-33(23-20-30)54-52-45-29-32(39-15-9-17-43(50-39)41-13-5-7-25-48-41)27-36(46(45)53-54)40-16-10-18-44(51-40)42-14-6-8-26-49-42/h3-29H,1-2H3. The molecule has 0 bridgehead atoms. The van der Waals surface area contributed by atoms with Gasteiger partial charge >= 0.3 is 0 Å².